The Morgan fingerprint density at radius 2 is 1.93 bits per heavy atom. The van der Waals surface area contributed by atoms with Gasteiger partial charge in [0, 0.05) is 10.0 Å². The van der Waals surface area contributed by atoms with E-state index in [0.29, 0.717) is 11.8 Å². The molecular weight excluding hydrogens is 238 g/mol. The molecule has 0 heterocycles. The van der Waals surface area contributed by atoms with E-state index >= 15 is 0 Å². The van der Waals surface area contributed by atoms with Gasteiger partial charge in [-0.25, -0.2) is 0 Å². The van der Waals surface area contributed by atoms with Crippen molar-refractivity contribution in [2.75, 3.05) is 0 Å². The molecule has 1 aromatic rings. The van der Waals surface area contributed by atoms with E-state index in [4.69, 9.17) is 5.73 Å². The summed E-state index contributed by atoms with van der Waals surface area (Å²) in [4.78, 5) is 0. The van der Waals surface area contributed by atoms with Crippen molar-refractivity contribution < 1.29 is 0 Å². The van der Waals surface area contributed by atoms with Gasteiger partial charge < -0.3 is 5.73 Å². The predicted octanol–water partition coefficient (Wildman–Crippen LogP) is 3.28. The smallest absolute Gasteiger partial charge is 0.0445 e. The molecule has 2 heteroatoms. The fourth-order valence-corrected chi connectivity index (χ4v) is 2.49. The van der Waals surface area contributed by atoms with Gasteiger partial charge in [0.2, 0.25) is 0 Å². The van der Waals surface area contributed by atoms with Crippen LogP contribution in [0.3, 0.4) is 0 Å². The van der Waals surface area contributed by atoms with Crippen molar-refractivity contribution in [1.29, 1.82) is 0 Å². The first-order valence-corrected chi connectivity index (χ1v) is 5.88. The minimum absolute atomic E-state index is 0.0468. The van der Waals surface area contributed by atoms with E-state index in [1.54, 1.807) is 0 Å². The summed E-state index contributed by atoms with van der Waals surface area (Å²) in [6.07, 6.45) is 1.13. The lowest BCUT2D eigenvalue weighted by molar-refractivity contribution is 0.488. The first-order valence-electron chi connectivity index (χ1n) is 5.09. The quantitative estimate of drug-likeness (QED) is 0.861. The van der Waals surface area contributed by atoms with Crippen molar-refractivity contribution in [3.63, 3.8) is 0 Å². The van der Waals surface area contributed by atoms with Gasteiger partial charge in [0.25, 0.3) is 0 Å². The highest BCUT2D eigenvalue weighted by Crippen LogP contribution is 2.53. The number of rotatable bonds is 2. The molecule has 1 saturated carbocycles. The summed E-state index contributed by atoms with van der Waals surface area (Å²) in [5, 5.41) is 0. The normalized spacial score (nSPS) is 30.8. The van der Waals surface area contributed by atoms with E-state index in [-0.39, 0.29) is 5.54 Å². The average molecular weight is 254 g/mol. The summed E-state index contributed by atoms with van der Waals surface area (Å²) in [6.45, 7) is 4.50. The molecule has 1 aliphatic carbocycles. The Balaban J connectivity index is 2.21. The lowest BCUT2D eigenvalue weighted by Gasteiger charge is -2.14. The maximum atomic E-state index is 6.35. The first kappa shape index (κ1) is 10.2. The van der Waals surface area contributed by atoms with E-state index in [9.17, 15) is 0 Å². The molecular formula is C12H16BrN. The van der Waals surface area contributed by atoms with Crippen molar-refractivity contribution >= 4 is 15.9 Å². The fraction of sp³-hybridized carbons (Fsp3) is 0.500. The molecule has 2 unspecified atom stereocenters. The predicted molar refractivity (Wildman–Crippen MR) is 63.0 cm³/mol. The molecule has 1 fully saturated rings. The molecule has 2 atom stereocenters. The highest BCUT2D eigenvalue weighted by molar-refractivity contribution is 9.10. The molecule has 2 N–H and O–H groups in total. The third-order valence-electron chi connectivity index (χ3n) is 3.25. The molecule has 0 spiro atoms. The van der Waals surface area contributed by atoms with Crippen LogP contribution in [0.4, 0.5) is 0 Å². The number of nitrogens with two attached hydrogens (primary N) is 1. The number of hydrogen-bond donors (Lipinski definition) is 1. The number of hydrogen-bond acceptors (Lipinski definition) is 1. The third-order valence-corrected chi connectivity index (χ3v) is 3.77. The fourth-order valence-electron chi connectivity index (χ4n) is 2.23. The first-order chi connectivity index (χ1) is 6.54. The van der Waals surface area contributed by atoms with Crippen molar-refractivity contribution in [3.8, 4) is 0 Å². The second-order valence-electron chi connectivity index (χ2n) is 4.60. The van der Waals surface area contributed by atoms with Crippen LogP contribution in [-0.2, 0) is 5.54 Å². The van der Waals surface area contributed by atoms with Crippen LogP contribution in [0.5, 0.6) is 0 Å². The largest absolute Gasteiger partial charge is 0.321 e. The third kappa shape index (κ3) is 1.61. The summed E-state index contributed by atoms with van der Waals surface area (Å²) in [7, 11) is 0. The maximum Gasteiger partial charge on any atom is 0.0445 e. The highest BCUT2D eigenvalue weighted by Gasteiger charge is 2.53. The molecule has 76 valence electrons. The van der Waals surface area contributed by atoms with Crippen molar-refractivity contribution in [3.05, 3.63) is 34.3 Å². The van der Waals surface area contributed by atoms with Crippen LogP contribution in [0.15, 0.2) is 28.7 Å². The van der Waals surface area contributed by atoms with E-state index < -0.39 is 0 Å². The Labute approximate surface area is 93.8 Å². The summed E-state index contributed by atoms with van der Waals surface area (Å²) in [5.74, 6) is 1.34. The van der Waals surface area contributed by atoms with E-state index in [1.165, 1.54) is 5.56 Å². The van der Waals surface area contributed by atoms with Gasteiger partial charge in [0.1, 0.15) is 0 Å². The molecule has 1 aliphatic rings. The van der Waals surface area contributed by atoms with Gasteiger partial charge in [0.15, 0.2) is 0 Å². The second-order valence-corrected chi connectivity index (χ2v) is 5.52. The molecule has 1 aromatic carbocycles. The Bertz CT molecular complexity index is 331. The Morgan fingerprint density at radius 1 is 1.36 bits per heavy atom. The molecule has 0 bridgehead atoms. The van der Waals surface area contributed by atoms with Crippen LogP contribution in [0.25, 0.3) is 0 Å². The molecule has 0 saturated heterocycles. The molecule has 0 aliphatic heterocycles. The Hall–Kier alpha value is -0.340. The summed E-state index contributed by atoms with van der Waals surface area (Å²) >= 11 is 3.44. The minimum Gasteiger partial charge on any atom is -0.321 e. The minimum atomic E-state index is -0.0468. The van der Waals surface area contributed by atoms with E-state index in [2.05, 4.69) is 54.0 Å². The Morgan fingerprint density at radius 3 is 2.36 bits per heavy atom. The van der Waals surface area contributed by atoms with Crippen LogP contribution in [-0.4, -0.2) is 0 Å². The number of halogens is 1. The van der Waals surface area contributed by atoms with Crippen LogP contribution in [0.2, 0.25) is 0 Å². The lowest BCUT2D eigenvalue weighted by atomic mass is 9.98. The lowest BCUT2D eigenvalue weighted by Crippen LogP contribution is -2.23. The van der Waals surface area contributed by atoms with Crippen LogP contribution in [0, 0.1) is 11.8 Å². The van der Waals surface area contributed by atoms with Gasteiger partial charge in [-0.2, -0.15) is 0 Å². The molecule has 0 aromatic heterocycles. The summed E-state index contributed by atoms with van der Waals surface area (Å²) < 4.78 is 1.12. The van der Waals surface area contributed by atoms with Crippen molar-refractivity contribution in [1.82, 2.24) is 0 Å². The van der Waals surface area contributed by atoms with Gasteiger partial charge in [-0.15, -0.1) is 0 Å². The number of benzene rings is 1. The van der Waals surface area contributed by atoms with Gasteiger partial charge in [-0.05, 0) is 36.0 Å². The highest BCUT2D eigenvalue weighted by atomic mass is 79.9. The van der Waals surface area contributed by atoms with Crippen LogP contribution in [0.1, 0.15) is 25.8 Å². The van der Waals surface area contributed by atoms with Gasteiger partial charge in [-0.1, -0.05) is 41.9 Å². The second kappa shape index (κ2) is 3.35. The molecule has 1 nitrogen and oxygen atoms in total. The van der Waals surface area contributed by atoms with Crippen molar-refractivity contribution in [2.24, 2.45) is 17.6 Å². The SMILES string of the molecule is CC(C)C1CC1(N)c1ccc(Br)cc1. The van der Waals surface area contributed by atoms with Gasteiger partial charge in [0.05, 0.1) is 0 Å². The zero-order valence-corrected chi connectivity index (χ0v) is 10.2. The molecule has 0 radical (unpaired) electrons. The summed E-state index contributed by atoms with van der Waals surface area (Å²) in [6, 6.07) is 8.40. The average Bonchev–Trinajstić information content (AvgIpc) is 2.80. The van der Waals surface area contributed by atoms with Crippen LogP contribution >= 0.6 is 15.9 Å². The van der Waals surface area contributed by atoms with Crippen molar-refractivity contribution in [2.45, 2.75) is 25.8 Å². The van der Waals surface area contributed by atoms with Crippen LogP contribution < -0.4 is 5.73 Å². The monoisotopic (exact) mass is 253 g/mol. The standard InChI is InChI=1S/C12H16BrN/c1-8(2)11-7-12(11,14)9-3-5-10(13)6-4-9/h3-6,8,11H,7,14H2,1-2H3. The molecule has 2 rings (SSSR count). The van der Waals surface area contributed by atoms with E-state index in [1.807, 2.05) is 0 Å². The summed E-state index contributed by atoms with van der Waals surface area (Å²) in [5.41, 5.74) is 7.58. The van der Waals surface area contributed by atoms with Gasteiger partial charge >= 0.3 is 0 Å². The van der Waals surface area contributed by atoms with Gasteiger partial charge in [-0.3, -0.25) is 0 Å². The molecule has 0 amide bonds. The molecule has 14 heavy (non-hydrogen) atoms. The topological polar surface area (TPSA) is 26.0 Å². The zero-order valence-electron chi connectivity index (χ0n) is 8.63. The Kier molecular flexibility index (Phi) is 2.44. The maximum absolute atomic E-state index is 6.35. The van der Waals surface area contributed by atoms with E-state index in [0.717, 1.165) is 10.9 Å². The zero-order chi connectivity index (χ0) is 10.3.